The molecule has 1 fully saturated rings. The van der Waals surface area contributed by atoms with E-state index in [1.165, 1.54) is 11.1 Å². The molecule has 1 aliphatic heterocycles. The van der Waals surface area contributed by atoms with Crippen LogP contribution in [-0.2, 0) is 11.2 Å². The number of benzene rings is 1. The summed E-state index contributed by atoms with van der Waals surface area (Å²) in [5.74, 6) is 0. The largest absolute Gasteiger partial charge is 0.390 e. The first kappa shape index (κ1) is 22.7. The highest BCUT2D eigenvalue weighted by Crippen LogP contribution is 2.34. The van der Waals surface area contributed by atoms with Crippen LogP contribution in [0.3, 0.4) is 0 Å². The molecule has 152 valence electrons. The summed E-state index contributed by atoms with van der Waals surface area (Å²) in [4.78, 5) is 1.94. The van der Waals surface area contributed by atoms with Crippen molar-refractivity contribution in [1.29, 1.82) is 0 Å². The fourth-order valence-corrected chi connectivity index (χ4v) is 3.99. The monoisotopic (exact) mass is 400 g/mol. The molecule has 0 radical (unpaired) electrons. The highest BCUT2D eigenvalue weighted by Gasteiger charge is 2.35. The second-order valence-electron chi connectivity index (χ2n) is 7.22. The Morgan fingerprint density at radius 3 is 2.68 bits per heavy atom. The van der Waals surface area contributed by atoms with E-state index in [0.29, 0.717) is 6.42 Å². The fraction of sp³-hybridized carbons (Fsp3) is 0.417. The number of hydrogen-bond acceptors (Lipinski definition) is 4. The molecular formula is C24H32O3S. The van der Waals surface area contributed by atoms with Crippen molar-refractivity contribution in [1.82, 2.24) is 0 Å². The Bertz CT molecular complexity index is 738. The molecule has 2 N–H and O–H groups in total. The van der Waals surface area contributed by atoms with Crippen LogP contribution in [-0.4, -0.2) is 34.6 Å². The van der Waals surface area contributed by atoms with Crippen molar-refractivity contribution in [3.63, 3.8) is 0 Å². The molecular weight excluding hydrogens is 368 g/mol. The van der Waals surface area contributed by atoms with Gasteiger partial charge in [0.1, 0.15) is 6.10 Å². The van der Waals surface area contributed by atoms with E-state index in [1.54, 1.807) is 18.7 Å². The van der Waals surface area contributed by atoms with Crippen molar-refractivity contribution in [2.24, 2.45) is 0 Å². The smallest absolute Gasteiger partial charge is 0.106 e. The van der Waals surface area contributed by atoms with Gasteiger partial charge in [-0.25, -0.2) is 0 Å². The van der Waals surface area contributed by atoms with Crippen molar-refractivity contribution < 1.29 is 14.9 Å². The minimum absolute atomic E-state index is 0.267. The van der Waals surface area contributed by atoms with Crippen LogP contribution >= 0.6 is 11.8 Å². The number of aliphatic hydroxyl groups excluding tert-OH is 2. The normalized spacial score (nSPS) is 25.8. The first-order valence-corrected chi connectivity index (χ1v) is 10.6. The van der Waals surface area contributed by atoms with Gasteiger partial charge in [0.05, 0.1) is 18.3 Å². The van der Waals surface area contributed by atoms with Crippen LogP contribution in [0.1, 0.15) is 39.2 Å². The third-order valence-corrected chi connectivity index (χ3v) is 6.00. The molecule has 0 aliphatic carbocycles. The van der Waals surface area contributed by atoms with E-state index in [0.717, 1.165) is 28.2 Å². The topological polar surface area (TPSA) is 49.7 Å². The zero-order valence-corrected chi connectivity index (χ0v) is 17.9. The zero-order valence-electron chi connectivity index (χ0n) is 17.1. The van der Waals surface area contributed by atoms with Crippen molar-refractivity contribution in [3.05, 3.63) is 77.3 Å². The second-order valence-corrected chi connectivity index (χ2v) is 8.42. The van der Waals surface area contributed by atoms with Gasteiger partial charge in [-0.2, -0.15) is 0 Å². The Morgan fingerprint density at radius 2 is 2.04 bits per heavy atom. The Balaban J connectivity index is 2.02. The number of ether oxygens (including phenoxy) is 1. The standard InChI is InChI=1S/C24H32O3S/c1-6-16(3)11-12-19(7-2)13-20-9-8-10-21(14-20)28-18(5)23-15-22(25)24(26)17(4)27-23/h7-12,14,17,22-26H,3,5-6,13,15H2,1-2,4H3/b12-11-,19-7+/t17?,22?,23?,24-/m1/s1. The van der Waals surface area contributed by atoms with E-state index in [1.807, 2.05) is 0 Å². The van der Waals surface area contributed by atoms with E-state index in [4.69, 9.17) is 4.74 Å². The highest BCUT2D eigenvalue weighted by atomic mass is 32.2. The zero-order chi connectivity index (χ0) is 20.7. The van der Waals surface area contributed by atoms with Gasteiger partial charge < -0.3 is 14.9 Å². The first-order valence-electron chi connectivity index (χ1n) is 9.82. The maximum absolute atomic E-state index is 10.0. The molecule has 0 amide bonds. The highest BCUT2D eigenvalue weighted by molar-refractivity contribution is 8.03. The fourth-order valence-electron chi connectivity index (χ4n) is 3.05. The summed E-state index contributed by atoms with van der Waals surface area (Å²) in [6, 6.07) is 8.40. The summed E-state index contributed by atoms with van der Waals surface area (Å²) < 4.78 is 5.82. The minimum Gasteiger partial charge on any atom is -0.390 e. The van der Waals surface area contributed by atoms with Gasteiger partial charge in [0.2, 0.25) is 0 Å². The molecule has 2 rings (SSSR count). The predicted octanol–water partition coefficient (Wildman–Crippen LogP) is 5.20. The van der Waals surface area contributed by atoms with Gasteiger partial charge in [0.25, 0.3) is 0 Å². The van der Waals surface area contributed by atoms with Gasteiger partial charge in [-0.1, -0.05) is 67.8 Å². The molecule has 1 heterocycles. The van der Waals surface area contributed by atoms with Crippen molar-refractivity contribution >= 4 is 11.8 Å². The van der Waals surface area contributed by atoms with Crippen LogP contribution in [0.4, 0.5) is 0 Å². The summed E-state index contributed by atoms with van der Waals surface area (Å²) in [6.07, 6.45) is 6.23. The molecule has 0 saturated carbocycles. The summed E-state index contributed by atoms with van der Waals surface area (Å²) in [7, 11) is 0. The molecule has 3 nitrogen and oxygen atoms in total. The third-order valence-electron chi connectivity index (χ3n) is 4.98. The average molecular weight is 401 g/mol. The van der Waals surface area contributed by atoms with Crippen molar-refractivity contribution in [3.8, 4) is 0 Å². The summed E-state index contributed by atoms with van der Waals surface area (Å²) in [5.41, 5.74) is 3.59. The number of hydrogen-bond donors (Lipinski definition) is 2. The molecule has 4 atom stereocenters. The van der Waals surface area contributed by atoms with Gasteiger partial charge in [-0.15, -0.1) is 0 Å². The lowest BCUT2D eigenvalue weighted by Gasteiger charge is -2.36. The van der Waals surface area contributed by atoms with Crippen LogP contribution in [0, 0.1) is 0 Å². The second kappa shape index (κ2) is 10.8. The van der Waals surface area contributed by atoms with Gasteiger partial charge in [-0.05, 0) is 50.0 Å². The van der Waals surface area contributed by atoms with Crippen LogP contribution in [0.15, 0.2) is 76.6 Å². The van der Waals surface area contributed by atoms with Crippen LogP contribution in [0.2, 0.25) is 0 Å². The molecule has 1 saturated heterocycles. The van der Waals surface area contributed by atoms with E-state index in [9.17, 15) is 10.2 Å². The Kier molecular flexibility index (Phi) is 8.77. The number of thioether (sulfide) groups is 1. The number of allylic oxidation sites excluding steroid dienone is 5. The molecule has 3 unspecified atom stereocenters. The molecule has 1 aromatic carbocycles. The summed E-state index contributed by atoms with van der Waals surface area (Å²) in [5, 5.41) is 19.9. The first-order chi connectivity index (χ1) is 13.3. The predicted molar refractivity (Wildman–Crippen MR) is 118 cm³/mol. The molecule has 0 spiro atoms. The Hall–Kier alpha value is -1.59. The van der Waals surface area contributed by atoms with Gasteiger partial charge >= 0.3 is 0 Å². The maximum Gasteiger partial charge on any atom is 0.106 e. The SMILES string of the molecule is C=C(/C=C\C(=C/C)Cc1cccc(SC(=C)C2CC(O)[C@H](O)C(C)O2)c1)CC. The molecule has 28 heavy (non-hydrogen) atoms. The average Bonchev–Trinajstić information content (AvgIpc) is 2.68. The van der Waals surface area contributed by atoms with Gasteiger partial charge in [0, 0.05) is 16.2 Å². The summed E-state index contributed by atoms with van der Waals surface area (Å²) in [6.45, 7) is 14.1. The number of rotatable bonds is 8. The van der Waals surface area contributed by atoms with E-state index in [2.05, 4.69) is 69.5 Å². The van der Waals surface area contributed by atoms with E-state index >= 15 is 0 Å². The maximum atomic E-state index is 10.0. The molecule has 1 aliphatic rings. The Labute approximate surface area is 173 Å². The Morgan fingerprint density at radius 1 is 1.29 bits per heavy atom. The molecule has 1 aromatic rings. The number of aliphatic hydroxyl groups is 2. The lowest BCUT2D eigenvalue weighted by atomic mass is 9.99. The van der Waals surface area contributed by atoms with Crippen LogP contribution in [0.25, 0.3) is 0 Å². The lowest BCUT2D eigenvalue weighted by molar-refractivity contribution is -0.149. The van der Waals surface area contributed by atoms with E-state index in [-0.39, 0.29) is 6.10 Å². The molecule has 4 heteroatoms. The van der Waals surface area contributed by atoms with Crippen LogP contribution in [0.5, 0.6) is 0 Å². The third kappa shape index (κ3) is 6.49. The molecule has 0 aromatic heterocycles. The van der Waals surface area contributed by atoms with E-state index < -0.39 is 18.3 Å². The summed E-state index contributed by atoms with van der Waals surface area (Å²) >= 11 is 1.56. The minimum atomic E-state index is -0.839. The van der Waals surface area contributed by atoms with Gasteiger partial charge in [0.15, 0.2) is 0 Å². The molecule has 0 bridgehead atoms. The van der Waals surface area contributed by atoms with Crippen LogP contribution < -0.4 is 0 Å². The van der Waals surface area contributed by atoms with Gasteiger partial charge in [-0.3, -0.25) is 0 Å². The van der Waals surface area contributed by atoms with Crippen molar-refractivity contribution in [2.75, 3.05) is 0 Å². The quantitative estimate of drug-likeness (QED) is 0.465. The lowest BCUT2D eigenvalue weighted by Crippen LogP contribution is -2.46. The van der Waals surface area contributed by atoms with Crippen molar-refractivity contribution in [2.45, 2.75) is 69.3 Å².